The summed E-state index contributed by atoms with van der Waals surface area (Å²) in [5, 5.41) is 2.88. The highest BCUT2D eigenvalue weighted by atomic mass is 32.2. The third-order valence-electron chi connectivity index (χ3n) is 5.73. The van der Waals surface area contributed by atoms with E-state index in [0.29, 0.717) is 17.1 Å². The van der Waals surface area contributed by atoms with Gasteiger partial charge in [-0.25, -0.2) is 17.2 Å². The van der Waals surface area contributed by atoms with E-state index < -0.39 is 40.2 Å². The van der Waals surface area contributed by atoms with Crippen LogP contribution in [-0.4, -0.2) is 50.0 Å². The summed E-state index contributed by atoms with van der Waals surface area (Å²) in [5.41, 5.74) is 1.60. The number of halogens is 2. The number of nitrogens with zero attached hydrogens (tertiary/aromatic N) is 2. The van der Waals surface area contributed by atoms with Crippen molar-refractivity contribution in [2.75, 3.05) is 17.1 Å². The van der Waals surface area contributed by atoms with Crippen LogP contribution in [0, 0.1) is 18.6 Å². The third kappa shape index (κ3) is 7.74. The minimum atomic E-state index is -4.03. The van der Waals surface area contributed by atoms with E-state index in [0.717, 1.165) is 35.6 Å². The molecule has 0 aliphatic rings. The Hall–Kier alpha value is -3.01. The first kappa shape index (κ1) is 28.2. The third-order valence-corrected chi connectivity index (χ3v) is 6.87. The molecule has 0 aromatic heterocycles. The van der Waals surface area contributed by atoms with Crippen LogP contribution in [0.15, 0.2) is 42.5 Å². The molecule has 0 radical (unpaired) electrons. The molecule has 192 valence electrons. The number of nitrogens with one attached hydrogen (secondary N) is 1. The number of aryl methyl sites for hydroxylation is 1. The predicted octanol–water partition coefficient (Wildman–Crippen LogP) is 3.76. The molecule has 0 spiro atoms. The number of rotatable bonds is 11. The maximum absolute atomic E-state index is 13.8. The maximum atomic E-state index is 13.8. The van der Waals surface area contributed by atoms with Crippen molar-refractivity contribution in [3.05, 3.63) is 65.2 Å². The highest BCUT2D eigenvalue weighted by Crippen LogP contribution is 2.22. The zero-order valence-corrected chi connectivity index (χ0v) is 21.5. The lowest BCUT2D eigenvalue weighted by Gasteiger charge is -2.33. The molecule has 0 heterocycles. The van der Waals surface area contributed by atoms with Gasteiger partial charge in [-0.2, -0.15) is 0 Å². The van der Waals surface area contributed by atoms with Crippen LogP contribution >= 0.6 is 0 Å². The van der Waals surface area contributed by atoms with Gasteiger partial charge >= 0.3 is 0 Å². The Kier molecular flexibility index (Phi) is 9.76. The van der Waals surface area contributed by atoms with Gasteiger partial charge < -0.3 is 10.2 Å². The van der Waals surface area contributed by atoms with Crippen molar-refractivity contribution < 1.29 is 26.8 Å². The van der Waals surface area contributed by atoms with E-state index in [4.69, 9.17) is 0 Å². The Bertz CT molecular complexity index is 1140. The largest absolute Gasteiger partial charge is 0.352 e. The standard InChI is InChI=1S/C25H33F2N3O4S/c1-6-18(4)28-25(32)23(7-2)29(15-19-10-8-17(3)9-11-19)24(31)16-30(35(5,33)34)20-12-13-21(26)22(27)14-20/h8-14,18,23H,6-7,15-16H2,1-5H3,(H,28,32)/t18-,23+/m0/s1. The minimum Gasteiger partial charge on any atom is -0.352 e. The van der Waals surface area contributed by atoms with Crippen LogP contribution in [-0.2, 0) is 26.2 Å². The molecule has 7 nitrogen and oxygen atoms in total. The quantitative estimate of drug-likeness (QED) is 0.500. The molecule has 0 aliphatic heterocycles. The molecule has 0 bridgehead atoms. The summed E-state index contributed by atoms with van der Waals surface area (Å²) < 4.78 is 53.0. The fraction of sp³-hybridized carbons (Fsp3) is 0.440. The maximum Gasteiger partial charge on any atom is 0.244 e. The molecule has 2 amide bonds. The van der Waals surface area contributed by atoms with Crippen molar-refractivity contribution in [3.63, 3.8) is 0 Å². The first-order chi connectivity index (χ1) is 16.4. The number of benzene rings is 2. The summed E-state index contributed by atoms with van der Waals surface area (Å²) in [6.45, 7) is 6.86. The van der Waals surface area contributed by atoms with Gasteiger partial charge in [0.25, 0.3) is 0 Å². The molecule has 10 heteroatoms. The molecular formula is C25H33F2N3O4S. The van der Waals surface area contributed by atoms with Crippen molar-refractivity contribution in [1.82, 2.24) is 10.2 Å². The van der Waals surface area contributed by atoms with Gasteiger partial charge in [-0.1, -0.05) is 43.7 Å². The second-order valence-corrected chi connectivity index (χ2v) is 10.5. The Morgan fingerprint density at radius 1 is 1.00 bits per heavy atom. The minimum absolute atomic E-state index is 0.0704. The van der Waals surface area contributed by atoms with Gasteiger partial charge in [0, 0.05) is 18.7 Å². The molecule has 0 fully saturated rings. The van der Waals surface area contributed by atoms with E-state index in [1.165, 1.54) is 4.90 Å². The Morgan fingerprint density at radius 3 is 2.14 bits per heavy atom. The lowest BCUT2D eigenvalue weighted by molar-refractivity contribution is -0.140. The van der Waals surface area contributed by atoms with E-state index in [-0.39, 0.29) is 24.2 Å². The first-order valence-electron chi connectivity index (χ1n) is 11.5. The van der Waals surface area contributed by atoms with Crippen molar-refractivity contribution in [3.8, 4) is 0 Å². The van der Waals surface area contributed by atoms with E-state index in [9.17, 15) is 26.8 Å². The second-order valence-electron chi connectivity index (χ2n) is 8.62. The zero-order chi connectivity index (χ0) is 26.3. The summed E-state index contributed by atoms with van der Waals surface area (Å²) in [7, 11) is -4.03. The number of hydrogen-bond acceptors (Lipinski definition) is 4. The zero-order valence-electron chi connectivity index (χ0n) is 20.7. The van der Waals surface area contributed by atoms with Crippen LogP contribution in [0.3, 0.4) is 0 Å². The van der Waals surface area contributed by atoms with Crippen LogP contribution in [0.25, 0.3) is 0 Å². The molecule has 1 N–H and O–H groups in total. The topological polar surface area (TPSA) is 86.8 Å². The first-order valence-corrected chi connectivity index (χ1v) is 13.3. The molecule has 35 heavy (non-hydrogen) atoms. The number of sulfonamides is 1. The lowest BCUT2D eigenvalue weighted by Crippen LogP contribution is -2.53. The van der Waals surface area contributed by atoms with E-state index >= 15 is 0 Å². The van der Waals surface area contributed by atoms with Crippen molar-refractivity contribution >= 4 is 27.5 Å². The van der Waals surface area contributed by atoms with E-state index in [1.807, 2.05) is 45.0 Å². The van der Waals surface area contributed by atoms with Gasteiger partial charge in [0.15, 0.2) is 11.6 Å². The van der Waals surface area contributed by atoms with Gasteiger partial charge in [-0.15, -0.1) is 0 Å². The summed E-state index contributed by atoms with van der Waals surface area (Å²) in [6.07, 6.45) is 1.87. The number of anilines is 1. The number of hydrogen-bond donors (Lipinski definition) is 1. The molecular weight excluding hydrogens is 476 g/mol. The van der Waals surface area contributed by atoms with Crippen LogP contribution < -0.4 is 9.62 Å². The Balaban J connectivity index is 2.45. The average Bonchev–Trinajstić information content (AvgIpc) is 2.79. The summed E-state index contributed by atoms with van der Waals surface area (Å²) >= 11 is 0. The molecule has 0 unspecified atom stereocenters. The highest BCUT2D eigenvalue weighted by Gasteiger charge is 2.32. The number of carbonyl (C=O) groups excluding carboxylic acids is 2. The summed E-state index contributed by atoms with van der Waals surface area (Å²) in [6, 6.07) is 9.06. The molecule has 0 saturated heterocycles. The molecule has 2 atom stereocenters. The fourth-order valence-corrected chi connectivity index (χ4v) is 4.35. The van der Waals surface area contributed by atoms with Crippen LogP contribution in [0.5, 0.6) is 0 Å². The van der Waals surface area contributed by atoms with Gasteiger partial charge in [0.05, 0.1) is 11.9 Å². The normalized spacial score (nSPS) is 13.1. The fourth-order valence-electron chi connectivity index (χ4n) is 3.50. The van der Waals surface area contributed by atoms with Gasteiger partial charge in [0.2, 0.25) is 21.8 Å². The van der Waals surface area contributed by atoms with Crippen molar-refractivity contribution in [2.24, 2.45) is 0 Å². The summed E-state index contributed by atoms with van der Waals surface area (Å²) in [4.78, 5) is 27.9. The van der Waals surface area contributed by atoms with Gasteiger partial charge in [-0.3, -0.25) is 13.9 Å². The molecule has 2 aromatic carbocycles. The van der Waals surface area contributed by atoms with Crippen molar-refractivity contribution in [1.29, 1.82) is 0 Å². The van der Waals surface area contributed by atoms with E-state index in [2.05, 4.69) is 5.32 Å². The van der Waals surface area contributed by atoms with Crippen LogP contribution in [0.1, 0.15) is 44.7 Å². The SMILES string of the molecule is CC[C@H](C(=O)N[C@@H](C)CC)N(Cc1ccc(C)cc1)C(=O)CN(c1ccc(F)c(F)c1)S(C)(=O)=O. The smallest absolute Gasteiger partial charge is 0.244 e. The number of amides is 2. The monoisotopic (exact) mass is 509 g/mol. The molecule has 2 aromatic rings. The van der Waals surface area contributed by atoms with Crippen molar-refractivity contribution in [2.45, 2.75) is 59.2 Å². The highest BCUT2D eigenvalue weighted by molar-refractivity contribution is 7.92. The molecule has 2 rings (SSSR count). The van der Waals surface area contributed by atoms with Gasteiger partial charge in [-0.05, 0) is 44.4 Å². The van der Waals surface area contributed by atoms with Crippen LogP contribution in [0.4, 0.5) is 14.5 Å². The lowest BCUT2D eigenvalue weighted by atomic mass is 10.1. The van der Waals surface area contributed by atoms with E-state index in [1.54, 1.807) is 6.92 Å². The average molecular weight is 510 g/mol. The Morgan fingerprint density at radius 2 is 1.63 bits per heavy atom. The second kappa shape index (κ2) is 12.1. The predicted molar refractivity (Wildman–Crippen MR) is 132 cm³/mol. The molecule has 0 saturated carbocycles. The number of carbonyl (C=O) groups is 2. The molecule has 0 aliphatic carbocycles. The Labute approximate surface area is 206 Å². The van der Waals surface area contributed by atoms with Gasteiger partial charge in [0.1, 0.15) is 12.6 Å². The summed E-state index contributed by atoms with van der Waals surface area (Å²) in [5.74, 6) is -3.37. The van der Waals surface area contributed by atoms with Crippen LogP contribution in [0.2, 0.25) is 0 Å².